The fourth-order valence-electron chi connectivity index (χ4n) is 0.643. The zero-order valence-electron chi connectivity index (χ0n) is 5.00. The smallest absolute Gasteiger partial charge is 0.224 e. The van der Waals surface area contributed by atoms with Crippen molar-refractivity contribution in [3.05, 3.63) is 0 Å². The van der Waals surface area contributed by atoms with E-state index in [0.29, 0.717) is 5.92 Å². The number of nitrogens with one attached hydrogen (secondary N) is 1. The summed E-state index contributed by atoms with van der Waals surface area (Å²) in [7, 11) is -3.13. The van der Waals surface area contributed by atoms with Gasteiger partial charge in [0.05, 0.1) is 5.75 Å². The van der Waals surface area contributed by atoms with Crippen LogP contribution < -0.4 is 10.7 Å². The molecule has 1 rings (SSSR count). The molecule has 0 spiro atoms. The van der Waals surface area contributed by atoms with Crippen LogP contribution in [0, 0.1) is 5.92 Å². The van der Waals surface area contributed by atoms with Gasteiger partial charge in [-0.1, -0.05) is 0 Å². The third kappa shape index (κ3) is 2.30. The number of hydrazine groups is 1. The zero-order valence-corrected chi connectivity index (χ0v) is 5.82. The van der Waals surface area contributed by atoms with Crippen LogP contribution in [-0.2, 0) is 10.0 Å². The van der Waals surface area contributed by atoms with Crippen molar-refractivity contribution in [1.29, 1.82) is 0 Å². The summed E-state index contributed by atoms with van der Waals surface area (Å²) in [5.41, 5.74) is 0. The van der Waals surface area contributed by atoms with Gasteiger partial charge in [0, 0.05) is 0 Å². The predicted molar refractivity (Wildman–Crippen MR) is 33.8 cm³/mol. The molecule has 0 atom stereocenters. The third-order valence-electron chi connectivity index (χ3n) is 1.33. The van der Waals surface area contributed by atoms with Crippen LogP contribution >= 0.6 is 0 Å². The van der Waals surface area contributed by atoms with E-state index in [0.717, 1.165) is 12.8 Å². The molecule has 3 N–H and O–H groups in total. The summed E-state index contributed by atoms with van der Waals surface area (Å²) in [6.45, 7) is 0. The van der Waals surface area contributed by atoms with Crippen molar-refractivity contribution in [1.82, 2.24) is 4.83 Å². The van der Waals surface area contributed by atoms with Crippen LogP contribution in [-0.4, -0.2) is 14.2 Å². The highest BCUT2D eigenvalue weighted by Gasteiger charge is 2.26. The fraction of sp³-hybridized carbons (Fsp3) is 1.00. The van der Waals surface area contributed by atoms with Gasteiger partial charge in [-0.2, -0.15) is 4.83 Å². The van der Waals surface area contributed by atoms with Gasteiger partial charge < -0.3 is 0 Å². The van der Waals surface area contributed by atoms with Crippen molar-refractivity contribution < 1.29 is 8.42 Å². The number of hydrogen-bond acceptors (Lipinski definition) is 3. The Kier molecular flexibility index (Phi) is 1.74. The molecule has 1 saturated carbocycles. The van der Waals surface area contributed by atoms with Gasteiger partial charge in [0.1, 0.15) is 0 Å². The Bertz CT molecular complexity index is 183. The molecule has 1 aliphatic carbocycles. The minimum Gasteiger partial charge on any atom is -0.258 e. The summed E-state index contributed by atoms with van der Waals surface area (Å²) >= 11 is 0. The third-order valence-corrected chi connectivity index (χ3v) is 2.60. The van der Waals surface area contributed by atoms with Crippen LogP contribution in [0.15, 0.2) is 0 Å². The van der Waals surface area contributed by atoms with Gasteiger partial charge in [-0.3, -0.25) is 5.84 Å². The first-order valence-corrected chi connectivity index (χ1v) is 4.49. The molecule has 5 heteroatoms. The second kappa shape index (κ2) is 2.24. The van der Waals surface area contributed by atoms with Crippen molar-refractivity contribution in [2.75, 3.05) is 5.75 Å². The van der Waals surface area contributed by atoms with E-state index in [2.05, 4.69) is 0 Å². The van der Waals surface area contributed by atoms with E-state index < -0.39 is 10.0 Å². The van der Waals surface area contributed by atoms with Crippen LogP contribution in [0.1, 0.15) is 12.8 Å². The van der Waals surface area contributed by atoms with Gasteiger partial charge in [-0.15, -0.1) is 0 Å². The number of sulfonamides is 1. The molecule has 0 unspecified atom stereocenters. The van der Waals surface area contributed by atoms with E-state index in [4.69, 9.17) is 5.84 Å². The first-order chi connectivity index (χ1) is 4.14. The molecule has 0 aromatic carbocycles. The van der Waals surface area contributed by atoms with E-state index in [9.17, 15) is 8.42 Å². The summed E-state index contributed by atoms with van der Waals surface area (Å²) < 4.78 is 21.2. The second-order valence-electron chi connectivity index (χ2n) is 2.34. The maximum absolute atomic E-state index is 10.6. The Labute approximate surface area is 54.4 Å². The van der Waals surface area contributed by atoms with Crippen LogP contribution in [0.3, 0.4) is 0 Å². The lowest BCUT2D eigenvalue weighted by atomic mass is 10.5. The standard InChI is InChI=1S/C4H10N2O2S/c5-6-9(7,8)3-4-1-2-4/h4,6H,1-3,5H2. The number of rotatable bonds is 3. The number of nitrogens with two attached hydrogens (primary N) is 1. The average molecular weight is 150 g/mol. The minimum absolute atomic E-state index is 0.198. The Morgan fingerprint density at radius 3 is 2.44 bits per heavy atom. The van der Waals surface area contributed by atoms with Crippen LogP contribution in [0.25, 0.3) is 0 Å². The topological polar surface area (TPSA) is 72.2 Å². The molecule has 0 heterocycles. The monoisotopic (exact) mass is 150 g/mol. The molecular weight excluding hydrogens is 140 g/mol. The lowest BCUT2D eigenvalue weighted by Gasteiger charge is -1.97. The van der Waals surface area contributed by atoms with Crippen molar-refractivity contribution in [2.45, 2.75) is 12.8 Å². The summed E-state index contributed by atoms with van der Waals surface area (Å²) in [5.74, 6) is 5.31. The van der Waals surface area contributed by atoms with E-state index in [1.165, 1.54) is 0 Å². The molecule has 0 radical (unpaired) electrons. The van der Waals surface area contributed by atoms with Crippen molar-refractivity contribution in [3.8, 4) is 0 Å². The quantitative estimate of drug-likeness (QED) is 0.408. The predicted octanol–water partition coefficient (Wildman–Crippen LogP) is -0.810. The molecule has 0 aromatic heterocycles. The lowest BCUT2D eigenvalue weighted by molar-refractivity contribution is 0.580. The minimum atomic E-state index is -3.13. The molecule has 4 nitrogen and oxygen atoms in total. The molecule has 1 fully saturated rings. The SMILES string of the molecule is NNS(=O)(=O)CC1CC1. The van der Waals surface area contributed by atoms with Gasteiger partial charge in [0.15, 0.2) is 0 Å². The van der Waals surface area contributed by atoms with Gasteiger partial charge in [0.25, 0.3) is 0 Å². The summed E-state index contributed by atoms with van der Waals surface area (Å²) in [5, 5.41) is 0. The summed E-state index contributed by atoms with van der Waals surface area (Å²) in [6.07, 6.45) is 2.06. The normalized spacial score (nSPS) is 20.1. The highest BCUT2D eigenvalue weighted by molar-refractivity contribution is 7.89. The van der Waals surface area contributed by atoms with Gasteiger partial charge >= 0.3 is 0 Å². The first-order valence-electron chi connectivity index (χ1n) is 2.84. The van der Waals surface area contributed by atoms with Crippen LogP contribution in [0.4, 0.5) is 0 Å². The summed E-state index contributed by atoms with van der Waals surface area (Å²) in [4.78, 5) is 1.78. The van der Waals surface area contributed by atoms with Gasteiger partial charge in [0.2, 0.25) is 10.0 Å². The molecule has 0 aromatic rings. The Morgan fingerprint density at radius 2 is 2.11 bits per heavy atom. The van der Waals surface area contributed by atoms with Crippen LogP contribution in [0.5, 0.6) is 0 Å². The lowest BCUT2D eigenvalue weighted by Crippen LogP contribution is -2.32. The largest absolute Gasteiger partial charge is 0.258 e. The second-order valence-corrected chi connectivity index (χ2v) is 4.14. The van der Waals surface area contributed by atoms with Crippen LogP contribution in [0.2, 0.25) is 0 Å². The van der Waals surface area contributed by atoms with Gasteiger partial charge in [-0.05, 0) is 18.8 Å². The van der Waals surface area contributed by atoms with Crippen molar-refractivity contribution >= 4 is 10.0 Å². The highest BCUT2D eigenvalue weighted by Crippen LogP contribution is 2.29. The highest BCUT2D eigenvalue weighted by atomic mass is 32.2. The van der Waals surface area contributed by atoms with Gasteiger partial charge in [-0.25, -0.2) is 8.42 Å². The molecule has 0 saturated heterocycles. The maximum atomic E-state index is 10.6. The van der Waals surface area contributed by atoms with E-state index in [1.54, 1.807) is 4.83 Å². The molecule has 9 heavy (non-hydrogen) atoms. The molecular formula is C4H10N2O2S. The summed E-state index contributed by atoms with van der Waals surface area (Å²) in [6, 6.07) is 0. The Morgan fingerprint density at radius 1 is 1.56 bits per heavy atom. The zero-order chi connectivity index (χ0) is 6.91. The molecule has 1 aliphatic rings. The van der Waals surface area contributed by atoms with Crippen molar-refractivity contribution in [3.63, 3.8) is 0 Å². The average Bonchev–Trinajstić information content (AvgIpc) is 2.50. The number of hydrogen-bond donors (Lipinski definition) is 2. The first kappa shape index (κ1) is 6.98. The maximum Gasteiger partial charge on any atom is 0.224 e. The molecule has 0 bridgehead atoms. The van der Waals surface area contributed by atoms with E-state index in [-0.39, 0.29) is 5.75 Å². The Balaban J connectivity index is 2.40. The molecule has 54 valence electrons. The molecule has 0 aliphatic heterocycles. The fourth-order valence-corrected chi connectivity index (χ4v) is 1.69. The van der Waals surface area contributed by atoms with E-state index in [1.807, 2.05) is 0 Å². The van der Waals surface area contributed by atoms with Crippen molar-refractivity contribution in [2.24, 2.45) is 11.8 Å². The molecule has 0 amide bonds. The van der Waals surface area contributed by atoms with E-state index >= 15 is 0 Å². The Hall–Kier alpha value is -0.130.